The van der Waals surface area contributed by atoms with Crippen LogP contribution in [0.2, 0.25) is 0 Å². The van der Waals surface area contributed by atoms with Gasteiger partial charge in [0.25, 0.3) is 0 Å². The molecule has 0 aliphatic rings. The van der Waals surface area contributed by atoms with Crippen LogP contribution in [0, 0.1) is 0 Å². The highest BCUT2D eigenvalue weighted by Crippen LogP contribution is 2.28. The standard InChI is InChI=1S/C13H16BrN5S/c1-3-19(4-2)12-16-11(15)17-13(18-12)20-10-7-5-6-9(14)8-10/h5-8H,3-4H2,1-2H3,(H2,15,16,17,18). The van der Waals surface area contributed by atoms with Gasteiger partial charge in [-0.3, -0.25) is 0 Å². The Bertz CT molecular complexity index is 589. The molecule has 2 N–H and O–H groups in total. The van der Waals surface area contributed by atoms with E-state index in [0.29, 0.717) is 11.1 Å². The predicted molar refractivity (Wildman–Crippen MR) is 86.1 cm³/mol. The molecular formula is C13H16BrN5S. The first-order valence-corrected chi connectivity index (χ1v) is 7.93. The molecule has 0 fully saturated rings. The number of hydrogen-bond acceptors (Lipinski definition) is 6. The van der Waals surface area contributed by atoms with E-state index in [9.17, 15) is 0 Å². The summed E-state index contributed by atoms with van der Waals surface area (Å²) in [5.41, 5.74) is 5.78. The number of rotatable bonds is 5. The van der Waals surface area contributed by atoms with Crippen molar-refractivity contribution in [1.82, 2.24) is 15.0 Å². The summed E-state index contributed by atoms with van der Waals surface area (Å²) in [7, 11) is 0. The van der Waals surface area contributed by atoms with E-state index < -0.39 is 0 Å². The molecule has 2 rings (SSSR count). The average Bonchev–Trinajstić information content (AvgIpc) is 2.39. The van der Waals surface area contributed by atoms with Gasteiger partial charge in [-0.1, -0.05) is 22.0 Å². The van der Waals surface area contributed by atoms with E-state index in [4.69, 9.17) is 5.73 Å². The molecular weight excluding hydrogens is 338 g/mol. The summed E-state index contributed by atoms with van der Waals surface area (Å²) in [6.07, 6.45) is 0. The fourth-order valence-electron chi connectivity index (χ4n) is 1.69. The van der Waals surface area contributed by atoms with Crippen LogP contribution in [-0.4, -0.2) is 28.0 Å². The molecule has 5 nitrogen and oxygen atoms in total. The monoisotopic (exact) mass is 353 g/mol. The summed E-state index contributed by atoms with van der Waals surface area (Å²) in [5, 5.41) is 0.609. The zero-order valence-electron chi connectivity index (χ0n) is 11.4. The summed E-state index contributed by atoms with van der Waals surface area (Å²) < 4.78 is 1.02. The van der Waals surface area contributed by atoms with Crippen LogP contribution in [-0.2, 0) is 0 Å². The topological polar surface area (TPSA) is 67.9 Å². The Morgan fingerprint density at radius 1 is 1.20 bits per heavy atom. The van der Waals surface area contributed by atoms with Crippen molar-refractivity contribution in [1.29, 1.82) is 0 Å². The van der Waals surface area contributed by atoms with Gasteiger partial charge in [0.15, 0.2) is 5.16 Å². The molecule has 0 saturated heterocycles. The maximum absolute atomic E-state index is 5.78. The molecule has 0 spiro atoms. The van der Waals surface area contributed by atoms with Gasteiger partial charge in [0, 0.05) is 22.5 Å². The highest BCUT2D eigenvalue weighted by molar-refractivity contribution is 9.10. The third kappa shape index (κ3) is 3.83. The van der Waals surface area contributed by atoms with Crippen LogP contribution in [0.25, 0.3) is 0 Å². The van der Waals surface area contributed by atoms with Gasteiger partial charge in [-0.15, -0.1) is 0 Å². The number of benzene rings is 1. The maximum Gasteiger partial charge on any atom is 0.231 e. The molecule has 0 atom stereocenters. The summed E-state index contributed by atoms with van der Waals surface area (Å²) in [6, 6.07) is 7.98. The van der Waals surface area contributed by atoms with Crippen LogP contribution >= 0.6 is 27.7 Å². The van der Waals surface area contributed by atoms with Crippen molar-refractivity contribution in [2.24, 2.45) is 0 Å². The Hall–Kier alpha value is -1.34. The molecule has 20 heavy (non-hydrogen) atoms. The largest absolute Gasteiger partial charge is 0.368 e. The lowest BCUT2D eigenvalue weighted by Gasteiger charge is -2.18. The molecule has 2 aromatic rings. The van der Waals surface area contributed by atoms with E-state index >= 15 is 0 Å². The molecule has 0 aliphatic heterocycles. The Morgan fingerprint density at radius 3 is 2.60 bits per heavy atom. The Balaban J connectivity index is 2.28. The SMILES string of the molecule is CCN(CC)c1nc(N)nc(Sc2cccc(Br)c2)n1. The number of hydrogen-bond donors (Lipinski definition) is 1. The van der Waals surface area contributed by atoms with E-state index in [1.807, 2.05) is 29.2 Å². The van der Waals surface area contributed by atoms with Crippen LogP contribution in [0.5, 0.6) is 0 Å². The minimum absolute atomic E-state index is 0.249. The third-order valence-corrected chi connectivity index (χ3v) is 4.02. The molecule has 0 unspecified atom stereocenters. The molecule has 0 radical (unpaired) electrons. The highest BCUT2D eigenvalue weighted by Gasteiger charge is 2.10. The summed E-state index contributed by atoms with van der Waals surface area (Å²) in [5.74, 6) is 0.874. The smallest absolute Gasteiger partial charge is 0.231 e. The van der Waals surface area contributed by atoms with Crippen molar-refractivity contribution in [2.45, 2.75) is 23.9 Å². The Morgan fingerprint density at radius 2 is 1.95 bits per heavy atom. The second-order valence-corrected chi connectivity index (χ2v) is 5.96. The van der Waals surface area contributed by atoms with Gasteiger partial charge in [0.2, 0.25) is 11.9 Å². The quantitative estimate of drug-likeness (QED) is 0.889. The Kier molecular flexibility index (Phi) is 5.19. The normalized spacial score (nSPS) is 10.6. The number of nitrogen functional groups attached to an aromatic ring is 1. The average molecular weight is 354 g/mol. The second kappa shape index (κ2) is 6.90. The molecule has 0 amide bonds. The van der Waals surface area contributed by atoms with Gasteiger partial charge in [0.05, 0.1) is 0 Å². The summed E-state index contributed by atoms with van der Waals surface area (Å²) >= 11 is 4.92. The lowest BCUT2D eigenvalue weighted by molar-refractivity contribution is 0.787. The number of aromatic nitrogens is 3. The first-order chi connectivity index (χ1) is 9.62. The van der Waals surface area contributed by atoms with Crippen LogP contribution in [0.3, 0.4) is 0 Å². The van der Waals surface area contributed by atoms with E-state index in [2.05, 4.69) is 44.7 Å². The minimum atomic E-state index is 0.249. The molecule has 0 bridgehead atoms. The molecule has 0 saturated carbocycles. The van der Waals surface area contributed by atoms with Gasteiger partial charge >= 0.3 is 0 Å². The first kappa shape index (κ1) is 15.1. The minimum Gasteiger partial charge on any atom is -0.368 e. The van der Waals surface area contributed by atoms with Crippen LogP contribution < -0.4 is 10.6 Å². The van der Waals surface area contributed by atoms with E-state index in [0.717, 1.165) is 22.5 Å². The second-order valence-electron chi connectivity index (χ2n) is 4.01. The lowest BCUT2D eigenvalue weighted by Crippen LogP contribution is -2.25. The molecule has 7 heteroatoms. The zero-order chi connectivity index (χ0) is 14.5. The van der Waals surface area contributed by atoms with Gasteiger partial charge in [-0.05, 0) is 43.8 Å². The van der Waals surface area contributed by atoms with E-state index in [1.165, 1.54) is 11.8 Å². The van der Waals surface area contributed by atoms with E-state index in [-0.39, 0.29) is 5.95 Å². The summed E-state index contributed by atoms with van der Waals surface area (Å²) in [6.45, 7) is 5.79. The number of nitrogens with zero attached hydrogens (tertiary/aromatic N) is 4. The van der Waals surface area contributed by atoms with Crippen LogP contribution in [0.4, 0.5) is 11.9 Å². The van der Waals surface area contributed by atoms with Gasteiger partial charge in [-0.25, -0.2) is 0 Å². The maximum atomic E-state index is 5.78. The zero-order valence-corrected chi connectivity index (χ0v) is 13.8. The molecule has 0 aliphatic carbocycles. The van der Waals surface area contributed by atoms with Crippen molar-refractivity contribution in [3.8, 4) is 0 Å². The fourth-order valence-corrected chi connectivity index (χ4v) is 3.05. The van der Waals surface area contributed by atoms with Gasteiger partial charge in [0.1, 0.15) is 0 Å². The third-order valence-electron chi connectivity index (χ3n) is 2.67. The van der Waals surface area contributed by atoms with Gasteiger partial charge < -0.3 is 10.6 Å². The number of nitrogens with two attached hydrogens (primary N) is 1. The first-order valence-electron chi connectivity index (χ1n) is 6.32. The summed E-state index contributed by atoms with van der Waals surface area (Å²) in [4.78, 5) is 15.9. The van der Waals surface area contributed by atoms with E-state index in [1.54, 1.807) is 0 Å². The van der Waals surface area contributed by atoms with Crippen LogP contribution in [0.15, 0.2) is 38.8 Å². The molecule has 1 aromatic heterocycles. The van der Waals surface area contributed by atoms with Crippen molar-refractivity contribution < 1.29 is 0 Å². The van der Waals surface area contributed by atoms with Crippen LogP contribution in [0.1, 0.15) is 13.8 Å². The van der Waals surface area contributed by atoms with Crippen molar-refractivity contribution in [3.63, 3.8) is 0 Å². The highest BCUT2D eigenvalue weighted by atomic mass is 79.9. The van der Waals surface area contributed by atoms with Crippen molar-refractivity contribution >= 4 is 39.6 Å². The lowest BCUT2D eigenvalue weighted by atomic mass is 10.4. The Labute approximate surface area is 131 Å². The molecule has 106 valence electrons. The molecule has 1 aromatic carbocycles. The fraction of sp³-hybridized carbons (Fsp3) is 0.308. The van der Waals surface area contributed by atoms with Gasteiger partial charge in [-0.2, -0.15) is 15.0 Å². The number of halogens is 1. The number of anilines is 2. The predicted octanol–water partition coefficient (Wildman–Crippen LogP) is 3.21. The van der Waals surface area contributed by atoms with Crippen molar-refractivity contribution in [2.75, 3.05) is 23.7 Å². The molecule has 1 heterocycles. The van der Waals surface area contributed by atoms with Crippen molar-refractivity contribution in [3.05, 3.63) is 28.7 Å².